The van der Waals surface area contributed by atoms with Crippen LogP contribution >= 0.6 is 0 Å². The Balaban J connectivity index is 1.16. The van der Waals surface area contributed by atoms with Gasteiger partial charge in [-0.1, -0.05) is 188 Å². The second kappa shape index (κ2) is 13.7. The van der Waals surface area contributed by atoms with Gasteiger partial charge in [0.15, 0.2) is 0 Å². The Hall–Kier alpha value is -7.48. The maximum Gasteiger partial charge on any atom is 0.0546 e. The summed E-state index contributed by atoms with van der Waals surface area (Å²) in [5.74, 6) is 0. The molecule has 1 heteroatoms. The van der Waals surface area contributed by atoms with Crippen molar-refractivity contribution in [1.82, 2.24) is 0 Å². The molecule has 0 atom stereocenters. The van der Waals surface area contributed by atoms with Crippen molar-refractivity contribution in [3.63, 3.8) is 0 Å². The van der Waals surface area contributed by atoms with Gasteiger partial charge < -0.3 is 4.90 Å². The minimum absolute atomic E-state index is 1.10. The first-order valence-electron chi connectivity index (χ1n) is 19.7. The lowest BCUT2D eigenvalue weighted by Gasteiger charge is -2.28. The summed E-state index contributed by atoms with van der Waals surface area (Å²) in [6, 6.07) is 82.1. The van der Waals surface area contributed by atoms with Crippen molar-refractivity contribution >= 4 is 70.9 Å². The fourth-order valence-corrected chi connectivity index (χ4v) is 8.96. The van der Waals surface area contributed by atoms with Crippen molar-refractivity contribution in [2.45, 2.75) is 0 Å². The summed E-state index contributed by atoms with van der Waals surface area (Å²) >= 11 is 0. The minimum atomic E-state index is 1.10. The molecular formula is C56H37N. The highest BCUT2D eigenvalue weighted by atomic mass is 15.1. The van der Waals surface area contributed by atoms with Gasteiger partial charge in [-0.3, -0.25) is 0 Å². The zero-order chi connectivity index (χ0) is 37.7. The van der Waals surface area contributed by atoms with Crippen LogP contribution in [0.15, 0.2) is 224 Å². The second-order valence-corrected chi connectivity index (χ2v) is 14.9. The van der Waals surface area contributed by atoms with Crippen molar-refractivity contribution < 1.29 is 0 Å². The molecule has 0 saturated heterocycles. The van der Waals surface area contributed by atoms with Gasteiger partial charge in [0.2, 0.25) is 0 Å². The largest absolute Gasteiger partial charge is 0.310 e. The van der Waals surface area contributed by atoms with E-state index in [2.05, 4.69) is 229 Å². The van der Waals surface area contributed by atoms with Crippen molar-refractivity contribution in [2.75, 3.05) is 4.90 Å². The number of fused-ring (bicyclic) bond motifs is 7. The van der Waals surface area contributed by atoms with E-state index in [4.69, 9.17) is 0 Å². The van der Waals surface area contributed by atoms with Crippen LogP contribution in [-0.2, 0) is 0 Å². The van der Waals surface area contributed by atoms with Crippen LogP contribution in [-0.4, -0.2) is 0 Å². The van der Waals surface area contributed by atoms with E-state index in [1.54, 1.807) is 0 Å². The third-order valence-electron chi connectivity index (χ3n) is 11.6. The molecule has 11 aromatic rings. The van der Waals surface area contributed by atoms with Gasteiger partial charge >= 0.3 is 0 Å². The average molecular weight is 724 g/mol. The van der Waals surface area contributed by atoms with E-state index in [0.717, 1.165) is 17.1 Å². The molecule has 0 aromatic heterocycles. The lowest BCUT2D eigenvalue weighted by Crippen LogP contribution is -2.11. The molecule has 11 rings (SSSR count). The summed E-state index contributed by atoms with van der Waals surface area (Å²) in [6.07, 6.45) is 0. The highest BCUT2D eigenvalue weighted by molar-refractivity contribution is 6.22. The van der Waals surface area contributed by atoms with Gasteiger partial charge in [-0.25, -0.2) is 0 Å². The molecule has 0 spiro atoms. The van der Waals surface area contributed by atoms with Crippen LogP contribution in [0.25, 0.3) is 87.2 Å². The lowest BCUT2D eigenvalue weighted by atomic mass is 9.85. The van der Waals surface area contributed by atoms with Crippen molar-refractivity contribution in [3.8, 4) is 33.4 Å². The molecule has 266 valence electrons. The normalized spacial score (nSPS) is 11.5. The summed E-state index contributed by atoms with van der Waals surface area (Å²) in [4.78, 5) is 2.45. The van der Waals surface area contributed by atoms with E-state index in [-0.39, 0.29) is 0 Å². The summed E-state index contributed by atoms with van der Waals surface area (Å²) in [6.45, 7) is 0. The Morgan fingerprint density at radius 2 is 0.737 bits per heavy atom. The van der Waals surface area contributed by atoms with Crippen LogP contribution in [0, 0.1) is 0 Å². The van der Waals surface area contributed by atoms with E-state index < -0.39 is 0 Å². The van der Waals surface area contributed by atoms with Crippen LogP contribution in [0.3, 0.4) is 0 Å². The Kier molecular flexibility index (Phi) is 7.89. The predicted molar refractivity (Wildman–Crippen MR) is 245 cm³/mol. The van der Waals surface area contributed by atoms with Gasteiger partial charge in [0.05, 0.1) is 5.69 Å². The van der Waals surface area contributed by atoms with Gasteiger partial charge in [-0.15, -0.1) is 0 Å². The first kappa shape index (κ1) is 32.9. The fourth-order valence-electron chi connectivity index (χ4n) is 8.96. The molecule has 0 aliphatic carbocycles. The second-order valence-electron chi connectivity index (χ2n) is 14.9. The summed E-state index contributed by atoms with van der Waals surface area (Å²) in [5, 5.41) is 12.4. The molecule has 0 aliphatic heterocycles. The molecule has 0 saturated carbocycles. The number of hydrogen-bond donors (Lipinski definition) is 0. The van der Waals surface area contributed by atoms with Crippen LogP contribution in [0.4, 0.5) is 17.1 Å². The Morgan fingerprint density at radius 1 is 0.228 bits per heavy atom. The van der Waals surface area contributed by atoms with E-state index in [0.29, 0.717) is 0 Å². The highest BCUT2D eigenvalue weighted by Gasteiger charge is 2.21. The molecule has 0 unspecified atom stereocenters. The standard InChI is InChI=1S/C56H37N/c1-2-16-40(17-3-1)55-52-27-12-9-24-49(52)50-25-10-13-28-53(50)56(55)44-20-14-21-46(36-44)57(54-37-43-19-6-7-22-47(43)48-23-8-11-26-51(48)54)45-33-31-39(32-34-45)42-30-29-38-15-4-5-18-41(38)35-42/h1-37H. The molecule has 0 fully saturated rings. The molecule has 1 nitrogen and oxygen atoms in total. The molecule has 57 heavy (non-hydrogen) atoms. The third kappa shape index (κ3) is 5.63. The fraction of sp³-hybridized carbons (Fsp3) is 0. The topological polar surface area (TPSA) is 3.24 Å². The monoisotopic (exact) mass is 723 g/mol. The number of hydrogen-bond acceptors (Lipinski definition) is 1. The van der Waals surface area contributed by atoms with Gasteiger partial charge in [0, 0.05) is 16.8 Å². The number of rotatable bonds is 6. The van der Waals surface area contributed by atoms with E-state index in [1.165, 1.54) is 87.2 Å². The molecule has 0 amide bonds. The Bertz CT molecular complexity index is 3290. The zero-order valence-corrected chi connectivity index (χ0v) is 31.3. The Labute approximate surface area is 332 Å². The average Bonchev–Trinajstić information content (AvgIpc) is 3.29. The lowest BCUT2D eigenvalue weighted by molar-refractivity contribution is 1.30. The van der Waals surface area contributed by atoms with Gasteiger partial charge in [0.25, 0.3) is 0 Å². The van der Waals surface area contributed by atoms with E-state index >= 15 is 0 Å². The van der Waals surface area contributed by atoms with E-state index in [1.807, 2.05) is 0 Å². The quantitative estimate of drug-likeness (QED) is 0.154. The van der Waals surface area contributed by atoms with Crippen LogP contribution in [0.1, 0.15) is 0 Å². The summed E-state index contributed by atoms with van der Waals surface area (Å²) in [7, 11) is 0. The number of anilines is 3. The minimum Gasteiger partial charge on any atom is -0.310 e. The van der Waals surface area contributed by atoms with Gasteiger partial charge in [-0.05, 0) is 118 Å². The van der Waals surface area contributed by atoms with Crippen molar-refractivity contribution in [3.05, 3.63) is 224 Å². The molecular weight excluding hydrogens is 687 g/mol. The Morgan fingerprint density at radius 3 is 1.44 bits per heavy atom. The maximum atomic E-state index is 2.45. The van der Waals surface area contributed by atoms with E-state index in [9.17, 15) is 0 Å². The first-order valence-corrected chi connectivity index (χ1v) is 19.7. The van der Waals surface area contributed by atoms with Crippen LogP contribution in [0.5, 0.6) is 0 Å². The predicted octanol–water partition coefficient (Wildman–Crippen LogP) is 15.9. The van der Waals surface area contributed by atoms with Gasteiger partial charge in [0.1, 0.15) is 0 Å². The van der Waals surface area contributed by atoms with Crippen LogP contribution in [0.2, 0.25) is 0 Å². The highest BCUT2D eigenvalue weighted by Crippen LogP contribution is 2.47. The molecule has 0 N–H and O–H groups in total. The number of benzene rings is 11. The first-order chi connectivity index (χ1) is 28.3. The van der Waals surface area contributed by atoms with Crippen molar-refractivity contribution in [1.29, 1.82) is 0 Å². The summed E-state index contributed by atoms with van der Waals surface area (Å²) < 4.78 is 0. The maximum absolute atomic E-state index is 2.45. The van der Waals surface area contributed by atoms with Crippen LogP contribution < -0.4 is 4.90 Å². The SMILES string of the molecule is c1ccc(-c2c(-c3cccc(N(c4ccc(-c5ccc6ccccc6c5)cc4)c4cc5ccccc5c5ccccc45)c3)c3ccccc3c3ccccc23)cc1. The molecule has 0 radical (unpaired) electrons. The molecule has 0 aliphatic rings. The van der Waals surface area contributed by atoms with Crippen molar-refractivity contribution in [2.24, 2.45) is 0 Å². The smallest absolute Gasteiger partial charge is 0.0546 e. The molecule has 0 heterocycles. The molecule has 11 aromatic carbocycles. The zero-order valence-electron chi connectivity index (χ0n) is 31.3. The summed E-state index contributed by atoms with van der Waals surface area (Å²) in [5.41, 5.74) is 10.6. The number of nitrogens with zero attached hydrogens (tertiary/aromatic N) is 1. The van der Waals surface area contributed by atoms with Gasteiger partial charge in [-0.2, -0.15) is 0 Å². The molecule has 0 bridgehead atoms. The third-order valence-corrected chi connectivity index (χ3v) is 11.6.